The van der Waals surface area contributed by atoms with Gasteiger partial charge >= 0.3 is 0 Å². The summed E-state index contributed by atoms with van der Waals surface area (Å²) in [6.07, 6.45) is 3.97. The van der Waals surface area contributed by atoms with Gasteiger partial charge in [-0.15, -0.1) is 0 Å². The van der Waals surface area contributed by atoms with E-state index in [1.54, 1.807) is 6.61 Å². The Hall–Kier alpha value is -1.76. The van der Waals surface area contributed by atoms with Crippen LogP contribution in [0.15, 0.2) is 42.5 Å². The maximum Gasteiger partial charge on any atom is 0.158 e. The van der Waals surface area contributed by atoms with Crippen LogP contribution in [0.2, 0.25) is 0 Å². The molecule has 1 heteroatoms. The van der Waals surface area contributed by atoms with E-state index in [1.807, 2.05) is 18.2 Å². The van der Waals surface area contributed by atoms with Crippen molar-refractivity contribution in [1.82, 2.24) is 0 Å². The van der Waals surface area contributed by atoms with Crippen LogP contribution in [-0.2, 0) is 0 Å². The number of benzene rings is 2. The zero-order valence-corrected chi connectivity index (χ0v) is 7.60. The first-order valence-electron chi connectivity index (χ1n) is 4.63. The lowest BCUT2D eigenvalue weighted by Crippen LogP contribution is -1.94. The van der Waals surface area contributed by atoms with Gasteiger partial charge in [0.2, 0.25) is 0 Å². The van der Waals surface area contributed by atoms with Crippen LogP contribution in [0.25, 0.3) is 16.8 Å². The molecule has 0 saturated heterocycles. The summed E-state index contributed by atoms with van der Waals surface area (Å²) in [5.74, 6) is 0.936. The average Bonchev–Trinajstić information content (AvgIpc) is 2.26. The Kier molecular flexibility index (Phi) is 1.57. The van der Waals surface area contributed by atoms with E-state index in [1.165, 1.54) is 10.8 Å². The number of hydrogen-bond donors (Lipinski definition) is 0. The van der Waals surface area contributed by atoms with Crippen LogP contribution >= 0.6 is 0 Å². The molecule has 0 amide bonds. The Morgan fingerprint density at radius 2 is 1.71 bits per heavy atom. The molecule has 2 aromatic carbocycles. The summed E-state index contributed by atoms with van der Waals surface area (Å²) in [6, 6.07) is 12.5. The van der Waals surface area contributed by atoms with Gasteiger partial charge in [-0.1, -0.05) is 30.3 Å². The average molecular weight is 181 g/mol. The van der Waals surface area contributed by atoms with E-state index < -0.39 is 0 Å². The SMILES string of the molecule is [CH]1C=Cc2cc3ccccc3cc2O1. The Balaban J connectivity index is 2.34. The predicted octanol–water partition coefficient (Wildman–Crippen LogP) is 3.41. The molecule has 1 nitrogen and oxygen atoms in total. The van der Waals surface area contributed by atoms with Gasteiger partial charge in [0.1, 0.15) is 5.75 Å². The van der Waals surface area contributed by atoms with E-state index in [0.29, 0.717) is 0 Å². The molecule has 0 atom stereocenters. The molecule has 0 bridgehead atoms. The normalized spacial score (nSPS) is 13.7. The molecule has 0 saturated carbocycles. The van der Waals surface area contributed by atoms with Crippen molar-refractivity contribution in [1.29, 1.82) is 0 Å². The van der Waals surface area contributed by atoms with E-state index in [4.69, 9.17) is 4.74 Å². The fourth-order valence-corrected chi connectivity index (χ4v) is 1.72. The molecule has 2 aromatic rings. The second-order valence-corrected chi connectivity index (χ2v) is 3.35. The van der Waals surface area contributed by atoms with Crippen LogP contribution in [0.1, 0.15) is 5.56 Å². The lowest BCUT2D eigenvalue weighted by molar-refractivity contribution is 0.430. The Morgan fingerprint density at radius 1 is 0.929 bits per heavy atom. The molecule has 1 aliphatic heterocycles. The molecule has 3 rings (SSSR count). The van der Waals surface area contributed by atoms with Gasteiger partial charge in [-0.05, 0) is 29.0 Å². The van der Waals surface area contributed by atoms with Gasteiger partial charge in [-0.2, -0.15) is 0 Å². The highest BCUT2D eigenvalue weighted by Crippen LogP contribution is 2.29. The van der Waals surface area contributed by atoms with Gasteiger partial charge in [-0.3, -0.25) is 0 Å². The zero-order chi connectivity index (χ0) is 9.38. The third-order valence-electron chi connectivity index (χ3n) is 2.43. The lowest BCUT2D eigenvalue weighted by Gasteiger charge is -2.12. The maximum atomic E-state index is 5.42. The highest BCUT2D eigenvalue weighted by Gasteiger charge is 2.06. The minimum absolute atomic E-state index is 0.936. The van der Waals surface area contributed by atoms with E-state index in [9.17, 15) is 0 Å². The Morgan fingerprint density at radius 3 is 2.57 bits per heavy atom. The van der Waals surface area contributed by atoms with E-state index in [0.717, 1.165) is 11.3 Å². The van der Waals surface area contributed by atoms with Crippen molar-refractivity contribution in [2.45, 2.75) is 0 Å². The molecule has 1 aliphatic rings. The summed E-state index contributed by atoms with van der Waals surface area (Å²) in [5, 5.41) is 2.47. The highest BCUT2D eigenvalue weighted by molar-refractivity contribution is 5.87. The van der Waals surface area contributed by atoms with Crippen LogP contribution in [0.3, 0.4) is 0 Å². The maximum absolute atomic E-state index is 5.42. The molecular weight excluding hydrogens is 172 g/mol. The van der Waals surface area contributed by atoms with Crippen LogP contribution < -0.4 is 4.74 Å². The first-order chi connectivity index (χ1) is 6.93. The molecule has 14 heavy (non-hydrogen) atoms. The second kappa shape index (κ2) is 2.88. The van der Waals surface area contributed by atoms with Gasteiger partial charge in [0.15, 0.2) is 6.61 Å². The molecule has 0 fully saturated rings. The minimum atomic E-state index is 0.936. The van der Waals surface area contributed by atoms with Crippen molar-refractivity contribution >= 4 is 16.8 Å². The van der Waals surface area contributed by atoms with Gasteiger partial charge in [-0.25, -0.2) is 0 Å². The van der Waals surface area contributed by atoms with E-state index in [2.05, 4.69) is 30.3 Å². The summed E-state index contributed by atoms with van der Waals surface area (Å²) >= 11 is 0. The Bertz CT molecular complexity index is 512. The number of ether oxygens (including phenoxy) is 1. The molecule has 0 N–H and O–H groups in total. The quantitative estimate of drug-likeness (QED) is 0.605. The van der Waals surface area contributed by atoms with Crippen molar-refractivity contribution in [3.8, 4) is 5.75 Å². The van der Waals surface area contributed by atoms with Crippen LogP contribution in [0.4, 0.5) is 0 Å². The first kappa shape index (κ1) is 7.63. The molecule has 0 spiro atoms. The summed E-state index contributed by atoms with van der Waals surface area (Å²) in [6.45, 7) is 1.71. The van der Waals surface area contributed by atoms with Crippen molar-refractivity contribution in [3.63, 3.8) is 0 Å². The first-order valence-corrected chi connectivity index (χ1v) is 4.63. The van der Waals surface area contributed by atoms with Gasteiger partial charge in [0.05, 0.1) is 0 Å². The molecule has 0 aliphatic carbocycles. The van der Waals surface area contributed by atoms with Crippen molar-refractivity contribution in [2.24, 2.45) is 0 Å². The van der Waals surface area contributed by atoms with Crippen LogP contribution in [0.5, 0.6) is 5.75 Å². The molecule has 67 valence electrons. The summed E-state index contributed by atoms with van der Waals surface area (Å²) < 4.78 is 5.42. The standard InChI is InChI=1S/C13H9O/c1-2-5-11-9-13-12(6-3-7-14-13)8-10(11)4-1/h1-9H. The third kappa shape index (κ3) is 1.10. The van der Waals surface area contributed by atoms with Crippen molar-refractivity contribution < 1.29 is 4.74 Å². The lowest BCUT2D eigenvalue weighted by atomic mass is 10.0. The number of rotatable bonds is 0. The minimum Gasteiger partial charge on any atom is -0.481 e. The topological polar surface area (TPSA) is 9.23 Å². The van der Waals surface area contributed by atoms with Crippen LogP contribution in [0, 0.1) is 6.61 Å². The zero-order valence-electron chi connectivity index (χ0n) is 7.60. The molecular formula is C13H9O. The van der Waals surface area contributed by atoms with Crippen molar-refractivity contribution in [2.75, 3.05) is 0 Å². The smallest absolute Gasteiger partial charge is 0.158 e. The fourth-order valence-electron chi connectivity index (χ4n) is 1.72. The van der Waals surface area contributed by atoms with Gasteiger partial charge in [0, 0.05) is 5.56 Å². The van der Waals surface area contributed by atoms with E-state index in [-0.39, 0.29) is 0 Å². The largest absolute Gasteiger partial charge is 0.481 e. The van der Waals surface area contributed by atoms with Gasteiger partial charge in [0.25, 0.3) is 0 Å². The molecule has 0 unspecified atom stereocenters. The van der Waals surface area contributed by atoms with E-state index >= 15 is 0 Å². The summed E-state index contributed by atoms with van der Waals surface area (Å²) in [7, 11) is 0. The number of fused-ring (bicyclic) bond motifs is 2. The molecule has 0 aromatic heterocycles. The Labute approximate surface area is 82.6 Å². The number of hydrogen-bond acceptors (Lipinski definition) is 1. The predicted molar refractivity (Wildman–Crippen MR) is 57.9 cm³/mol. The fraction of sp³-hybridized carbons (Fsp3) is 0. The van der Waals surface area contributed by atoms with Crippen LogP contribution in [-0.4, -0.2) is 0 Å². The molecule has 1 heterocycles. The summed E-state index contributed by atoms with van der Waals surface area (Å²) in [4.78, 5) is 0. The van der Waals surface area contributed by atoms with Crippen molar-refractivity contribution in [3.05, 3.63) is 54.6 Å². The highest BCUT2D eigenvalue weighted by atomic mass is 16.5. The molecule has 1 radical (unpaired) electrons. The third-order valence-corrected chi connectivity index (χ3v) is 2.43. The summed E-state index contributed by atoms with van der Waals surface area (Å²) in [5.41, 5.74) is 1.14. The second-order valence-electron chi connectivity index (χ2n) is 3.35. The monoisotopic (exact) mass is 181 g/mol. The van der Waals surface area contributed by atoms with Gasteiger partial charge < -0.3 is 4.74 Å².